The molecule has 23 heavy (non-hydrogen) atoms. The van der Waals surface area contributed by atoms with Crippen LogP contribution >= 0.6 is 11.6 Å². The van der Waals surface area contributed by atoms with Crippen LogP contribution in [0, 0.1) is 0 Å². The van der Waals surface area contributed by atoms with Crippen molar-refractivity contribution in [3.63, 3.8) is 0 Å². The van der Waals surface area contributed by atoms with Gasteiger partial charge in [-0.1, -0.05) is 11.6 Å². The lowest BCUT2D eigenvalue weighted by Crippen LogP contribution is -2.72. The quantitative estimate of drug-likeness (QED) is 0.635. The summed E-state index contributed by atoms with van der Waals surface area (Å²) in [6, 6.07) is 1.91. The molecule has 0 bridgehead atoms. The van der Waals surface area contributed by atoms with Crippen LogP contribution in [-0.2, 0) is 4.74 Å². The zero-order valence-corrected chi connectivity index (χ0v) is 12.2. The van der Waals surface area contributed by atoms with E-state index in [1.165, 1.54) is 12.2 Å². The van der Waals surface area contributed by atoms with E-state index >= 15 is 0 Å². The predicted molar refractivity (Wildman–Crippen MR) is 66.6 cm³/mol. The van der Waals surface area contributed by atoms with Crippen LogP contribution in [0.1, 0.15) is 6.92 Å². The number of aromatic amines is 1. The van der Waals surface area contributed by atoms with E-state index in [1.807, 2.05) is 0 Å². The van der Waals surface area contributed by atoms with Gasteiger partial charge >= 0.3 is 24.1 Å². The number of anilines is 1. The van der Waals surface area contributed by atoms with Crippen LogP contribution < -0.4 is 15.6 Å². The van der Waals surface area contributed by atoms with Gasteiger partial charge in [0.1, 0.15) is 6.20 Å². The summed E-state index contributed by atoms with van der Waals surface area (Å²) in [7, 11) is 0. The molecule has 0 radical (unpaired) electrons. The second-order valence-electron chi connectivity index (χ2n) is 4.14. The molecule has 0 saturated heterocycles. The van der Waals surface area contributed by atoms with Crippen molar-refractivity contribution in [1.82, 2.24) is 5.32 Å². The van der Waals surface area contributed by atoms with E-state index in [2.05, 4.69) is 9.72 Å². The first-order chi connectivity index (χ1) is 10.4. The summed E-state index contributed by atoms with van der Waals surface area (Å²) in [4.78, 5) is 13.3. The van der Waals surface area contributed by atoms with Crippen molar-refractivity contribution in [2.24, 2.45) is 0 Å². The number of carbonyl (C=O) groups is 1. The van der Waals surface area contributed by atoms with Gasteiger partial charge in [0.25, 0.3) is 5.82 Å². The molecule has 0 aromatic carbocycles. The van der Waals surface area contributed by atoms with Gasteiger partial charge in [-0.2, -0.15) is 26.3 Å². The molecule has 0 spiro atoms. The molecule has 0 saturated carbocycles. The minimum atomic E-state index is -5.93. The minimum Gasteiger partial charge on any atom is -0.450 e. The molecule has 3 N–H and O–H groups in total. The number of alkyl halides is 6. The highest BCUT2D eigenvalue weighted by Gasteiger charge is 2.77. The minimum absolute atomic E-state index is 0.0542. The van der Waals surface area contributed by atoms with E-state index < -0.39 is 36.5 Å². The number of halogens is 7. The number of hydrogen-bond acceptors (Lipinski definition) is 3. The van der Waals surface area contributed by atoms with Crippen LogP contribution in [-0.4, -0.2) is 30.7 Å². The summed E-state index contributed by atoms with van der Waals surface area (Å²) < 4.78 is 83.0. The monoisotopic (exact) mass is 366 g/mol. The van der Waals surface area contributed by atoms with Crippen molar-refractivity contribution >= 4 is 23.5 Å². The third-order valence-corrected chi connectivity index (χ3v) is 2.75. The highest BCUT2D eigenvalue weighted by atomic mass is 35.5. The highest BCUT2D eigenvalue weighted by molar-refractivity contribution is 6.30. The van der Waals surface area contributed by atoms with Gasteiger partial charge in [-0.25, -0.2) is 15.1 Å². The summed E-state index contributed by atoms with van der Waals surface area (Å²) in [6.07, 6.45) is -12.8. The Morgan fingerprint density at radius 1 is 1.22 bits per heavy atom. The molecule has 1 aromatic rings. The van der Waals surface area contributed by atoms with Crippen LogP contribution in [0.4, 0.5) is 37.0 Å². The van der Waals surface area contributed by atoms with Crippen LogP contribution in [0.25, 0.3) is 0 Å². The molecule has 1 aromatic heterocycles. The number of carbonyl (C=O) groups excluding carboxylic acids is 1. The first kappa shape index (κ1) is 19.1. The number of H-pyrrole nitrogens is 1. The average Bonchev–Trinajstić information content (AvgIpc) is 2.38. The number of amides is 1. The fourth-order valence-electron chi connectivity index (χ4n) is 1.48. The number of rotatable bonds is 4. The van der Waals surface area contributed by atoms with Crippen molar-refractivity contribution in [1.29, 1.82) is 0 Å². The molecule has 1 amide bonds. The van der Waals surface area contributed by atoms with Crippen LogP contribution in [0.15, 0.2) is 18.3 Å². The molecular formula is C11H11ClF6N3O2+. The summed E-state index contributed by atoms with van der Waals surface area (Å²) in [5, 5.41) is 2.07. The number of alkyl carbamates (subject to hydrolysis) is 1. The number of aromatic nitrogens is 1. The van der Waals surface area contributed by atoms with E-state index in [0.717, 1.165) is 23.6 Å². The van der Waals surface area contributed by atoms with Crippen LogP contribution in [0.2, 0.25) is 5.02 Å². The van der Waals surface area contributed by atoms with E-state index in [0.29, 0.717) is 0 Å². The molecule has 0 unspecified atom stereocenters. The predicted octanol–water partition coefficient (Wildman–Crippen LogP) is 3.13. The molecule has 0 atom stereocenters. The fourth-order valence-corrected chi connectivity index (χ4v) is 1.60. The van der Waals surface area contributed by atoms with Crippen LogP contribution in [0.3, 0.4) is 0 Å². The molecule has 0 aliphatic carbocycles. The van der Waals surface area contributed by atoms with Crippen molar-refractivity contribution in [3.05, 3.63) is 23.4 Å². The molecule has 130 valence electrons. The second kappa shape index (κ2) is 6.69. The Hall–Kier alpha value is -1.91. The molecule has 12 heteroatoms. The summed E-state index contributed by atoms with van der Waals surface area (Å²) >= 11 is 5.50. The number of hydrogen-bond donors (Lipinski definition) is 2. The topological polar surface area (TPSA) is 64.5 Å². The Labute approximate surface area is 131 Å². The number of pyridine rings is 1. The largest absolute Gasteiger partial charge is 0.462 e. The number of ether oxygens (including phenoxy) is 1. The zero-order chi connectivity index (χ0) is 17.9. The maximum Gasteiger partial charge on any atom is 0.462 e. The average molecular weight is 367 g/mol. The normalized spacial score (nSPS) is 12.7. The first-order valence-electron chi connectivity index (χ1n) is 5.96. The van der Waals surface area contributed by atoms with Crippen molar-refractivity contribution in [2.75, 3.05) is 11.9 Å². The number of nitrogens with one attached hydrogen (secondary N) is 3. The molecule has 0 fully saturated rings. The summed E-state index contributed by atoms with van der Waals surface area (Å²) in [6.45, 7) is 0.813. The molecule has 1 rings (SSSR count). The van der Waals surface area contributed by atoms with Gasteiger partial charge in [0.05, 0.1) is 11.6 Å². The molecule has 0 aliphatic heterocycles. The molecule has 5 nitrogen and oxygen atoms in total. The third kappa shape index (κ3) is 4.30. The lowest BCUT2D eigenvalue weighted by Gasteiger charge is -2.33. The maximum absolute atomic E-state index is 13.1. The lowest BCUT2D eigenvalue weighted by molar-refractivity contribution is -0.367. The van der Waals surface area contributed by atoms with Crippen molar-refractivity contribution < 1.29 is 40.9 Å². The van der Waals surface area contributed by atoms with E-state index in [1.54, 1.807) is 0 Å². The standard InChI is InChI=1S/C11H10ClF6N3O2/c1-2-23-8(22)21-9(10(13,14)15,11(16,17)18)20-7-4-3-6(12)5-19-7/h3-5H,2H2,1H3,(H,19,20)(H,21,22)/p+1. The fraction of sp³-hybridized carbons (Fsp3) is 0.455. The Morgan fingerprint density at radius 2 is 1.78 bits per heavy atom. The Kier molecular flexibility index (Phi) is 5.56. The zero-order valence-electron chi connectivity index (χ0n) is 11.4. The lowest BCUT2D eigenvalue weighted by atomic mass is 10.1. The van der Waals surface area contributed by atoms with E-state index in [4.69, 9.17) is 11.6 Å². The maximum atomic E-state index is 13.1. The SMILES string of the molecule is CCOC(=O)NC(Nc1ccc(Cl)c[nH+]1)(C(F)(F)F)C(F)(F)F. The van der Waals surface area contributed by atoms with E-state index in [-0.39, 0.29) is 5.02 Å². The molecule has 1 heterocycles. The molecular weight excluding hydrogens is 356 g/mol. The highest BCUT2D eigenvalue weighted by Crippen LogP contribution is 2.43. The summed E-state index contributed by atoms with van der Waals surface area (Å²) in [5.74, 6) is -0.680. The third-order valence-electron chi connectivity index (χ3n) is 2.51. The Morgan fingerprint density at radius 3 is 2.17 bits per heavy atom. The van der Waals surface area contributed by atoms with Gasteiger partial charge in [0, 0.05) is 6.07 Å². The van der Waals surface area contributed by atoms with Gasteiger partial charge in [-0.15, -0.1) is 0 Å². The van der Waals surface area contributed by atoms with Gasteiger partial charge < -0.3 is 4.74 Å². The second-order valence-corrected chi connectivity index (χ2v) is 4.57. The smallest absolute Gasteiger partial charge is 0.450 e. The van der Waals surface area contributed by atoms with Crippen molar-refractivity contribution in [3.8, 4) is 0 Å². The van der Waals surface area contributed by atoms with Crippen molar-refractivity contribution in [2.45, 2.75) is 24.9 Å². The van der Waals surface area contributed by atoms with Gasteiger partial charge in [0.15, 0.2) is 0 Å². The summed E-state index contributed by atoms with van der Waals surface area (Å²) in [5.41, 5.74) is -4.75. The Bertz CT molecular complexity index is 532. The van der Waals surface area contributed by atoms with Gasteiger partial charge in [-0.3, -0.25) is 5.32 Å². The Balaban J connectivity index is 3.32. The van der Waals surface area contributed by atoms with Gasteiger partial charge in [0.2, 0.25) is 0 Å². The molecule has 0 aliphatic rings. The van der Waals surface area contributed by atoms with E-state index in [9.17, 15) is 31.1 Å². The van der Waals surface area contributed by atoms with Crippen LogP contribution in [0.5, 0.6) is 0 Å². The first-order valence-corrected chi connectivity index (χ1v) is 6.34. The van der Waals surface area contributed by atoms with Gasteiger partial charge in [-0.05, 0) is 13.0 Å².